The molecule has 0 aliphatic heterocycles. The minimum Gasteiger partial charge on any atom is -0.342 e. The van der Waals surface area contributed by atoms with Crippen LogP contribution in [0.3, 0.4) is 0 Å². The number of benzene rings is 3. The van der Waals surface area contributed by atoms with E-state index < -0.39 is 21.7 Å². The largest absolute Gasteiger partial charge is 0.342 e. The summed E-state index contributed by atoms with van der Waals surface area (Å²) in [6, 6.07) is 18.9. The molecule has 4 rings (SSSR count). The molecule has 0 fully saturated rings. The molecular weight excluding hydrogens is 491 g/mol. The monoisotopic (exact) mass is 508 g/mol. The molecule has 7 nitrogen and oxygen atoms in total. The number of hydrogen-bond donors (Lipinski definition) is 2. The summed E-state index contributed by atoms with van der Waals surface area (Å²) in [6.45, 7) is 0.157. The number of para-hydroxylation sites is 1. The number of nitrogens with zero attached hydrogens (tertiary/aromatic N) is 2. The van der Waals surface area contributed by atoms with Crippen molar-refractivity contribution in [3.63, 3.8) is 0 Å². The van der Waals surface area contributed by atoms with E-state index in [1.54, 1.807) is 16.8 Å². The van der Waals surface area contributed by atoms with Crippen LogP contribution in [0.1, 0.15) is 11.1 Å². The van der Waals surface area contributed by atoms with Crippen LogP contribution in [0.15, 0.2) is 83.4 Å². The number of nitrogens with one attached hydrogen (secondary N) is 1. The normalized spacial score (nSPS) is 11.9. The van der Waals surface area contributed by atoms with Gasteiger partial charge in [-0.1, -0.05) is 35.9 Å². The van der Waals surface area contributed by atoms with Crippen LogP contribution in [-0.4, -0.2) is 18.9 Å². The van der Waals surface area contributed by atoms with Crippen LogP contribution in [-0.2, 0) is 21.4 Å². The molecule has 1 amide bonds. The van der Waals surface area contributed by atoms with Crippen LogP contribution in [0.5, 0.6) is 0 Å². The Morgan fingerprint density at radius 3 is 2.49 bits per heavy atom. The van der Waals surface area contributed by atoms with Gasteiger partial charge in [-0.3, -0.25) is 4.79 Å². The van der Waals surface area contributed by atoms with Gasteiger partial charge in [0.2, 0.25) is 10.0 Å². The summed E-state index contributed by atoms with van der Waals surface area (Å²) >= 11 is 6.20. The predicted molar refractivity (Wildman–Crippen MR) is 132 cm³/mol. The van der Waals surface area contributed by atoms with Crippen LogP contribution in [0.4, 0.5) is 10.1 Å². The molecule has 0 radical (unpaired) electrons. The molecule has 4 aromatic rings. The molecule has 0 unspecified atom stereocenters. The standard InChI is InChI=1S/C25H18ClFN4O3S/c26-22-5-3-6-23(27)21(22)15-31-14-17(20-4-1-2-7-24(20)31)12-16(13-28)25(32)30-18-8-10-19(11-9-18)35(29,33)34/h1-12,14H,15H2,(H,30,32)(H2,29,33,34). The number of sulfonamides is 1. The van der Waals surface area contributed by atoms with Crippen molar-refractivity contribution in [2.75, 3.05) is 5.32 Å². The number of fused-ring (bicyclic) bond motifs is 1. The molecule has 10 heteroatoms. The first-order valence-corrected chi connectivity index (χ1v) is 12.2. The third-order valence-corrected chi connectivity index (χ3v) is 6.60. The number of amides is 1. The van der Waals surface area contributed by atoms with Crippen molar-refractivity contribution in [1.29, 1.82) is 5.26 Å². The van der Waals surface area contributed by atoms with E-state index in [1.807, 2.05) is 30.3 Å². The quantitative estimate of drug-likeness (QED) is 0.290. The molecule has 0 spiro atoms. The summed E-state index contributed by atoms with van der Waals surface area (Å²) in [5.41, 5.74) is 1.80. The van der Waals surface area contributed by atoms with E-state index in [0.717, 1.165) is 10.9 Å². The van der Waals surface area contributed by atoms with E-state index in [0.29, 0.717) is 21.8 Å². The molecular formula is C25H18ClFN4O3S. The number of carbonyl (C=O) groups is 1. The van der Waals surface area contributed by atoms with Crippen molar-refractivity contribution in [2.24, 2.45) is 5.14 Å². The number of rotatable bonds is 6. The summed E-state index contributed by atoms with van der Waals surface area (Å²) in [7, 11) is -3.87. The van der Waals surface area contributed by atoms with Gasteiger partial charge in [0, 0.05) is 38.9 Å². The number of halogens is 2. The molecule has 0 saturated heterocycles. The topological polar surface area (TPSA) is 118 Å². The maximum absolute atomic E-state index is 14.4. The van der Waals surface area contributed by atoms with Gasteiger partial charge in [-0.25, -0.2) is 17.9 Å². The Morgan fingerprint density at radius 1 is 1.11 bits per heavy atom. The van der Waals surface area contributed by atoms with Crippen molar-refractivity contribution in [3.8, 4) is 6.07 Å². The first-order valence-electron chi connectivity index (χ1n) is 10.2. The molecule has 3 N–H and O–H groups in total. The van der Waals surface area contributed by atoms with Crippen molar-refractivity contribution < 1.29 is 17.6 Å². The number of nitriles is 1. The second-order valence-corrected chi connectivity index (χ2v) is 9.59. The van der Waals surface area contributed by atoms with Crippen molar-refractivity contribution in [3.05, 3.63) is 100 Å². The molecule has 0 aliphatic rings. The molecule has 0 atom stereocenters. The number of nitrogens with two attached hydrogens (primary N) is 1. The van der Waals surface area contributed by atoms with Gasteiger partial charge < -0.3 is 9.88 Å². The fourth-order valence-corrected chi connectivity index (χ4v) is 4.34. The SMILES string of the molecule is N#CC(=Cc1cn(Cc2c(F)cccc2Cl)c2ccccc12)C(=O)Nc1ccc(S(N)(=O)=O)cc1. The Kier molecular flexibility index (Phi) is 6.71. The van der Waals surface area contributed by atoms with E-state index in [9.17, 15) is 22.9 Å². The lowest BCUT2D eigenvalue weighted by Crippen LogP contribution is -2.14. The lowest BCUT2D eigenvalue weighted by molar-refractivity contribution is -0.112. The van der Waals surface area contributed by atoms with Gasteiger partial charge in [0.1, 0.15) is 17.5 Å². The maximum Gasteiger partial charge on any atom is 0.266 e. The number of primary sulfonamides is 1. The van der Waals surface area contributed by atoms with E-state index in [-0.39, 0.29) is 17.0 Å². The van der Waals surface area contributed by atoms with Crippen LogP contribution >= 0.6 is 11.6 Å². The highest BCUT2D eigenvalue weighted by molar-refractivity contribution is 7.89. The molecule has 1 aromatic heterocycles. The van der Waals surface area contributed by atoms with E-state index >= 15 is 0 Å². The fraction of sp³-hybridized carbons (Fsp3) is 0.0400. The lowest BCUT2D eigenvalue weighted by atomic mass is 10.1. The first-order chi connectivity index (χ1) is 16.7. The number of carbonyl (C=O) groups excluding carboxylic acids is 1. The Hall–Kier alpha value is -3.97. The molecule has 1 heterocycles. The van der Waals surface area contributed by atoms with Gasteiger partial charge in [0.05, 0.1) is 11.4 Å². The van der Waals surface area contributed by atoms with Crippen molar-refractivity contribution in [1.82, 2.24) is 4.57 Å². The summed E-state index contributed by atoms with van der Waals surface area (Å²) < 4.78 is 38.9. The third kappa shape index (κ3) is 5.25. The summed E-state index contributed by atoms with van der Waals surface area (Å²) in [5, 5.41) is 18.3. The lowest BCUT2D eigenvalue weighted by Gasteiger charge is -2.08. The first kappa shape index (κ1) is 24.2. The van der Waals surface area contributed by atoms with E-state index in [2.05, 4.69) is 5.32 Å². The molecule has 176 valence electrons. The van der Waals surface area contributed by atoms with Gasteiger partial charge in [0.15, 0.2) is 0 Å². The van der Waals surface area contributed by atoms with Crippen LogP contribution in [0.25, 0.3) is 17.0 Å². The zero-order valence-electron chi connectivity index (χ0n) is 18.1. The minimum atomic E-state index is -3.87. The van der Waals surface area contributed by atoms with Gasteiger partial charge in [-0.15, -0.1) is 0 Å². The van der Waals surface area contributed by atoms with Crippen molar-refractivity contribution in [2.45, 2.75) is 11.4 Å². The summed E-state index contributed by atoms with van der Waals surface area (Å²) in [4.78, 5) is 12.6. The highest BCUT2D eigenvalue weighted by Crippen LogP contribution is 2.27. The van der Waals surface area contributed by atoms with Gasteiger partial charge in [-0.2, -0.15) is 5.26 Å². The van der Waals surface area contributed by atoms with Crippen LogP contribution in [0.2, 0.25) is 5.02 Å². The zero-order chi connectivity index (χ0) is 25.2. The van der Waals surface area contributed by atoms with Crippen LogP contribution in [0, 0.1) is 17.1 Å². The van der Waals surface area contributed by atoms with Crippen molar-refractivity contribution >= 4 is 50.2 Å². The smallest absolute Gasteiger partial charge is 0.266 e. The maximum atomic E-state index is 14.4. The average Bonchev–Trinajstić information content (AvgIpc) is 3.17. The highest BCUT2D eigenvalue weighted by atomic mass is 35.5. The van der Waals surface area contributed by atoms with Gasteiger partial charge >= 0.3 is 0 Å². The molecule has 0 bridgehead atoms. The van der Waals surface area contributed by atoms with Crippen LogP contribution < -0.4 is 10.5 Å². The van der Waals surface area contributed by atoms with Gasteiger partial charge in [-0.05, 0) is 48.5 Å². The number of aromatic nitrogens is 1. The molecule has 0 aliphatic carbocycles. The second kappa shape index (κ2) is 9.72. The zero-order valence-corrected chi connectivity index (χ0v) is 19.6. The fourth-order valence-electron chi connectivity index (χ4n) is 3.61. The van der Waals surface area contributed by atoms with Gasteiger partial charge in [0.25, 0.3) is 5.91 Å². The Labute approximate surface area is 205 Å². The third-order valence-electron chi connectivity index (χ3n) is 5.32. The molecule has 0 saturated carbocycles. The second-order valence-electron chi connectivity index (χ2n) is 7.62. The minimum absolute atomic E-state index is 0.102. The number of anilines is 1. The highest BCUT2D eigenvalue weighted by Gasteiger charge is 2.15. The summed E-state index contributed by atoms with van der Waals surface area (Å²) in [5.74, 6) is -1.11. The number of hydrogen-bond acceptors (Lipinski definition) is 4. The molecule has 3 aromatic carbocycles. The Bertz CT molecular complexity index is 1600. The molecule has 35 heavy (non-hydrogen) atoms. The average molecular weight is 509 g/mol. The van der Waals surface area contributed by atoms with E-state index in [4.69, 9.17) is 16.7 Å². The van der Waals surface area contributed by atoms with E-state index in [1.165, 1.54) is 42.5 Å². The predicted octanol–water partition coefficient (Wildman–Crippen LogP) is 4.68. The Balaban J connectivity index is 1.66. The Morgan fingerprint density at radius 2 is 1.83 bits per heavy atom. The summed E-state index contributed by atoms with van der Waals surface area (Å²) in [6.07, 6.45) is 3.16.